The Balaban J connectivity index is 2.24. The zero-order valence-electron chi connectivity index (χ0n) is 12.0. The van der Waals surface area contributed by atoms with Gasteiger partial charge in [0.05, 0.1) is 7.11 Å². The Labute approximate surface area is 124 Å². The van der Waals surface area contributed by atoms with E-state index >= 15 is 0 Å². The molecule has 0 saturated carbocycles. The van der Waals surface area contributed by atoms with Crippen molar-refractivity contribution in [3.8, 4) is 5.75 Å². The lowest BCUT2D eigenvalue weighted by molar-refractivity contribution is 0.402. The number of nitrogens with two attached hydrogens (primary N) is 1. The molecule has 112 valence electrons. The number of ether oxygens (including phenoxy) is 1. The maximum absolute atomic E-state index is 12.4. The van der Waals surface area contributed by atoms with Crippen molar-refractivity contribution in [2.45, 2.75) is 18.4 Å². The summed E-state index contributed by atoms with van der Waals surface area (Å²) in [5.74, 6) is 0.265. The third-order valence-corrected chi connectivity index (χ3v) is 4.45. The first-order valence-electron chi connectivity index (χ1n) is 6.41. The van der Waals surface area contributed by atoms with E-state index in [0.717, 1.165) is 11.1 Å². The number of aryl methyl sites for hydroxylation is 1. The van der Waals surface area contributed by atoms with Gasteiger partial charge >= 0.3 is 0 Å². The van der Waals surface area contributed by atoms with Gasteiger partial charge in [0.25, 0.3) is 0 Å². The molecule has 3 N–H and O–H groups in total. The van der Waals surface area contributed by atoms with Crippen LogP contribution in [0.2, 0.25) is 0 Å². The predicted molar refractivity (Wildman–Crippen MR) is 82.6 cm³/mol. The lowest BCUT2D eigenvalue weighted by Crippen LogP contribution is -2.24. The zero-order valence-corrected chi connectivity index (χ0v) is 12.8. The molecule has 2 aromatic rings. The van der Waals surface area contributed by atoms with E-state index in [2.05, 4.69) is 4.72 Å². The Bertz CT molecular complexity index is 742. The molecule has 0 fully saturated rings. The van der Waals surface area contributed by atoms with Gasteiger partial charge in [-0.15, -0.1) is 0 Å². The van der Waals surface area contributed by atoms with E-state index < -0.39 is 10.0 Å². The van der Waals surface area contributed by atoms with Crippen molar-refractivity contribution < 1.29 is 13.2 Å². The minimum absolute atomic E-state index is 0.0395. The SMILES string of the molecule is COc1ccc(N)cc1S(=O)(=O)NCc1cccc(C)c1. The number of hydrogen-bond acceptors (Lipinski definition) is 4. The van der Waals surface area contributed by atoms with Gasteiger partial charge in [-0.2, -0.15) is 0 Å². The molecule has 0 unspecified atom stereocenters. The van der Waals surface area contributed by atoms with Crippen LogP contribution in [0.1, 0.15) is 11.1 Å². The normalized spacial score (nSPS) is 11.3. The van der Waals surface area contributed by atoms with Gasteiger partial charge in [-0.25, -0.2) is 13.1 Å². The second kappa shape index (κ2) is 6.15. The van der Waals surface area contributed by atoms with Gasteiger partial charge in [-0.1, -0.05) is 29.8 Å². The fourth-order valence-electron chi connectivity index (χ4n) is 1.98. The van der Waals surface area contributed by atoms with Crippen LogP contribution in [0.25, 0.3) is 0 Å². The Hall–Kier alpha value is -2.05. The first kappa shape index (κ1) is 15.3. The number of nitrogen functional groups attached to an aromatic ring is 1. The summed E-state index contributed by atoms with van der Waals surface area (Å²) < 4.78 is 32.4. The number of hydrogen-bond donors (Lipinski definition) is 2. The van der Waals surface area contributed by atoms with E-state index in [-0.39, 0.29) is 17.2 Å². The summed E-state index contributed by atoms with van der Waals surface area (Å²) in [4.78, 5) is 0.0395. The van der Waals surface area contributed by atoms with Crippen LogP contribution in [0.5, 0.6) is 5.75 Å². The average Bonchev–Trinajstić information content (AvgIpc) is 2.45. The molecule has 5 nitrogen and oxygen atoms in total. The summed E-state index contributed by atoms with van der Waals surface area (Å²) >= 11 is 0. The van der Waals surface area contributed by atoms with Crippen molar-refractivity contribution in [2.75, 3.05) is 12.8 Å². The van der Waals surface area contributed by atoms with Gasteiger partial charge in [0, 0.05) is 12.2 Å². The Morgan fingerprint density at radius 2 is 1.95 bits per heavy atom. The quantitative estimate of drug-likeness (QED) is 0.829. The molecular formula is C15H18N2O3S. The van der Waals surface area contributed by atoms with Crippen molar-refractivity contribution in [1.82, 2.24) is 4.72 Å². The topological polar surface area (TPSA) is 81.4 Å². The van der Waals surface area contributed by atoms with Crippen LogP contribution in [0.4, 0.5) is 5.69 Å². The largest absolute Gasteiger partial charge is 0.495 e. The molecule has 0 radical (unpaired) electrons. The van der Waals surface area contributed by atoms with E-state index in [9.17, 15) is 8.42 Å². The summed E-state index contributed by atoms with van der Waals surface area (Å²) in [6.07, 6.45) is 0. The number of methoxy groups -OCH3 is 1. The number of anilines is 1. The van der Waals surface area contributed by atoms with Crippen LogP contribution in [0.15, 0.2) is 47.4 Å². The molecule has 0 bridgehead atoms. The average molecular weight is 306 g/mol. The fourth-order valence-corrected chi connectivity index (χ4v) is 3.20. The number of sulfonamides is 1. The van der Waals surface area contributed by atoms with E-state index in [0.29, 0.717) is 5.69 Å². The minimum atomic E-state index is -3.69. The monoisotopic (exact) mass is 306 g/mol. The Kier molecular flexibility index (Phi) is 4.50. The highest BCUT2D eigenvalue weighted by atomic mass is 32.2. The van der Waals surface area contributed by atoms with Crippen LogP contribution < -0.4 is 15.2 Å². The molecule has 2 rings (SSSR count). The smallest absolute Gasteiger partial charge is 0.244 e. The maximum Gasteiger partial charge on any atom is 0.244 e. The molecule has 0 aliphatic heterocycles. The summed E-state index contributed by atoms with van der Waals surface area (Å²) in [7, 11) is -2.27. The van der Waals surface area contributed by atoms with Gasteiger partial charge in [-0.3, -0.25) is 0 Å². The van der Waals surface area contributed by atoms with Crippen molar-refractivity contribution in [3.63, 3.8) is 0 Å². The van der Waals surface area contributed by atoms with Crippen molar-refractivity contribution in [2.24, 2.45) is 0 Å². The third kappa shape index (κ3) is 3.74. The first-order chi connectivity index (χ1) is 9.92. The van der Waals surface area contributed by atoms with E-state index in [1.807, 2.05) is 31.2 Å². The molecule has 0 atom stereocenters. The minimum Gasteiger partial charge on any atom is -0.495 e. The second-order valence-corrected chi connectivity index (χ2v) is 6.46. The predicted octanol–water partition coefficient (Wildman–Crippen LogP) is 2.06. The fraction of sp³-hybridized carbons (Fsp3) is 0.200. The second-order valence-electron chi connectivity index (χ2n) is 4.72. The van der Waals surface area contributed by atoms with Gasteiger partial charge in [0.1, 0.15) is 10.6 Å². The van der Waals surface area contributed by atoms with Crippen molar-refractivity contribution in [1.29, 1.82) is 0 Å². The first-order valence-corrected chi connectivity index (χ1v) is 7.89. The standard InChI is InChI=1S/C15H18N2O3S/c1-11-4-3-5-12(8-11)10-17-21(18,19)15-9-13(16)6-7-14(15)20-2/h3-9,17H,10,16H2,1-2H3. The number of rotatable bonds is 5. The highest BCUT2D eigenvalue weighted by Gasteiger charge is 2.19. The van der Waals surface area contributed by atoms with Gasteiger partial charge < -0.3 is 10.5 Å². The number of nitrogens with one attached hydrogen (secondary N) is 1. The van der Waals surface area contributed by atoms with Crippen LogP contribution in [-0.2, 0) is 16.6 Å². The molecular weight excluding hydrogens is 288 g/mol. The van der Waals surface area contributed by atoms with E-state index in [1.54, 1.807) is 6.07 Å². The Morgan fingerprint density at radius 1 is 1.19 bits per heavy atom. The number of benzene rings is 2. The zero-order chi connectivity index (χ0) is 15.5. The van der Waals surface area contributed by atoms with Crippen LogP contribution in [-0.4, -0.2) is 15.5 Å². The van der Waals surface area contributed by atoms with Crippen LogP contribution in [0.3, 0.4) is 0 Å². The molecule has 0 aliphatic rings. The molecule has 6 heteroatoms. The molecule has 0 saturated heterocycles. The van der Waals surface area contributed by atoms with Crippen molar-refractivity contribution >= 4 is 15.7 Å². The van der Waals surface area contributed by atoms with Gasteiger partial charge in [0.15, 0.2) is 0 Å². The highest BCUT2D eigenvalue weighted by Crippen LogP contribution is 2.25. The van der Waals surface area contributed by atoms with Gasteiger partial charge in [0.2, 0.25) is 10.0 Å². The summed E-state index contributed by atoms with van der Waals surface area (Å²) in [5.41, 5.74) is 7.99. The van der Waals surface area contributed by atoms with Gasteiger partial charge in [-0.05, 0) is 30.7 Å². The van der Waals surface area contributed by atoms with Crippen LogP contribution in [0, 0.1) is 6.92 Å². The maximum atomic E-state index is 12.4. The third-order valence-electron chi connectivity index (χ3n) is 3.03. The molecule has 0 spiro atoms. The molecule has 0 amide bonds. The lowest BCUT2D eigenvalue weighted by atomic mass is 10.1. The van der Waals surface area contributed by atoms with E-state index in [1.165, 1.54) is 19.2 Å². The highest BCUT2D eigenvalue weighted by molar-refractivity contribution is 7.89. The Morgan fingerprint density at radius 3 is 2.62 bits per heavy atom. The molecule has 0 heterocycles. The molecule has 2 aromatic carbocycles. The van der Waals surface area contributed by atoms with E-state index in [4.69, 9.17) is 10.5 Å². The molecule has 0 aromatic heterocycles. The van der Waals surface area contributed by atoms with Crippen molar-refractivity contribution in [3.05, 3.63) is 53.6 Å². The lowest BCUT2D eigenvalue weighted by Gasteiger charge is -2.11. The van der Waals surface area contributed by atoms with Crippen LogP contribution >= 0.6 is 0 Å². The molecule has 0 aliphatic carbocycles. The summed E-state index contributed by atoms with van der Waals surface area (Å²) in [5, 5.41) is 0. The summed E-state index contributed by atoms with van der Waals surface area (Å²) in [6, 6.07) is 12.2. The summed E-state index contributed by atoms with van der Waals surface area (Å²) in [6.45, 7) is 2.17. The molecule has 21 heavy (non-hydrogen) atoms.